The zero-order valence-corrected chi connectivity index (χ0v) is 17.1. The summed E-state index contributed by atoms with van der Waals surface area (Å²) in [6.07, 6.45) is 3.40. The number of H-pyrrole nitrogens is 1. The Labute approximate surface area is 175 Å². The number of nitrogens with two attached hydrogens (primary N) is 1. The molecule has 0 bridgehead atoms. The molecular formula is C23H25N5O2. The third kappa shape index (κ3) is 4.06. The lowest BCUT2D eigenvalue weighted by molar-refractivity contribution is 0.211. The largest absolute Gasteiger partial charge is 0.410 e. The number of aromatic amines is 1. The Balaban J connectivity index is 1.57. The maximum atomic E-state index is 11.1. The molecule has 3 N–H and O–H groups in total. The molecule has 0 atom stereocenters. The quantitative estimate of drug-likeness (QED) is 0.481. The summed E-state index contributed by atoms with van der Waals surface area (Å²) in [4.78, 5) is 21.4. The number of nitrogens with one attached hydrogen (secondary N) is 1. The number of imidazole rings is 1. The third-order valence-corrected chi connectivity index (χ3v) is 5.18. The van der Waals surface area contributed by atoms with Gasteiger partial charge in [0, 0.05) is 30.2 Å². The first-order valence-corrected chi connectivity index (χ1v) is 10.0. The first-order valence-electron chi connectivity index (χ1n) is 10.0. The van der Waals surface area contributed by atoms with Gasteiger partial charge in [-0.15, -0.1) is 0 Å². The molecule has 4 rings (SSSR count). The molecule has 4 aromatic rings. The van der Waals surface area contributed by atoms with E-state index in [1.54, 1.807) is 12.1 Å². The molecular weight excluding hydrogens is 378 g/mol. The van der Waals surface area contributed by atoms with Gasteiger partial charge in [-0.25, -0.2) is 9.78 Å². The first-order chi connectivity index (χ1) is 14.6. The van der Waals surface area contributed by atoms with Crippen molar-refractivity contribution in [2.75, 3.05) is 13.1 Å². The van der Waals surface area contributed by atoms with Gasteiger partial charge in [-0.2, -0.15) is 0 Å². The molecule has 0 unspecified atom stereocenters. The number of benzene rings is 2. The molecule has 30 heavy (non-hydrogen) atoms. The van der Waals surface area contributed by atoms with Crippen molar-refractivity contribution in [1.82, 2.24) is 19.4 Å². The van der Waals surface area contributed by atoms with Gasteiger partial charge in [0.2, 0.25) is 0 Å². The molecule has 7 nitrogen and oxygen atoms in total. The zero-order chi connectivity index (χ0) is 21.1. The van der Waals surface area contributed by atoms with Crippen molar-refractivity contribution >= 4 is 17.1 Å². The van der Waals surface area contributed by atoms with Gasteiger partial charge in [-0.1, -0.05) is 19.9 Å². The highest BCUT2D eigenvalue weighted by Crippen LogP contribution is 2.28. The number of nitrogens with zero attached hydrogens (tertiary/aromatic N) is 3. The van der Waals surface area contributed by atoms with E-state index >= 15 is 0 Å². The van der Waals surface area contributed by atoms with Crippen molar-refractivity contribution < 1.29 is 9.53 Å². The van der Waals surface area contributed by atoms with Gasteiger partial charge >= 0.3 is 6.09 Å². The Morgan fingerprint density at radius 2 is 1.90 bits per heavy atom. The number of ether oxygens (including phenoxy) is 1. The minimum Gasteiger partial charge on any atom is -0.408 e. The molecule has 7 heteroatoms. The van der Waals surface area contributed by atoms with E-state index in [4.69, 9.17) is 10.5 Å². The van der Waals surface area contributed by atoms with Gasteiger partial charge < -0.3 is 20.0 Å². The number of aromatic nitrogens is 3. The molecule has 0 aliphatic carbocycles. The van der Waals surface area contributed by atoms with Crippen LogP contribution in [-0.4, -0.2) is 38.6 Å². The summed E-state index contributed by atoms with van der Waals surface area (Å²) < 4.78 is 7.17. The number of amides is 1. The summed E-state index contributed by atoms with van der Waals surface area (Å²) in [5.41, 5.74) is 9.81. The topological polar surface area (TPSA) is 89.2 Å². The number of para-hydroxylation sites is 1. The second-order valence-electron chi connectivity index (χ2n) is 7.09. The van der Waals surface area contributed by atoms with E-state index < -0.39 is 6.09 Å². The van der Waals surface area contributed by atoms with Gasteiger partial charge in [-0.3, -0.25) is 4.90 Å². The predicted molar refractivity (Wildman–Crippen MR) is 118 cm³/mol. The van der Waals surface area contributed by atoms with E-state index in [1.807, 2.05) is 18.2 Å². The Bertz CT molecular complexity index is 1160. The van der Waals surface area contributed by atoms with E-state index in [1.165, 1.54) is 5.56 Å². The highest BCUT2D eigenvalue weighted by atomic mass is 16.5. The molecule has 0 saturated carbocycles. The third-order valence-electron chi connectivity index (χ3n) is 5.18. The van der Waals surface area contributed by atoms with Crippen LogP contribution in [0.3, 0.4) is 0 Å². The molecule has 0 aliphatic heterocycles. The molecule has 0 spiro atoms. The molecule has 0 fully saturated rings. The van der Waals surface area contributed by atoms with Crippen LogP contribution in [0.5, 0.6) is 5.75 Å². The number of carbonyl (C=O) groups is 1. The lowest BCUT2D eigenvalue weighted by atomic mass is 10.2. The molecule has 0 aliphatic rings. The van der Waals surface area contributed by atoms with E-state index in [-0.39, 0.29) is 0 Å². The monoisotopic (exact) mass is 403 g/mol. The van der Waals surface area contributed by atoms with Gasteiger partial charge in [0.25, 0.3) is 0 Å². The van der Waals surface area contributed by atoms with Crippen LogP contribution in [0.4, 0.5) is 4.79 Å². The molecule has 0 radical (unpaired) electrons. The maximum Gasteiger partial charge on any atom is 0.410 e. The number of hydrogen-bond donors (Lipinski definition) is 2. The molecule has 154 valence electrons. The Hall–Kier alpha value is -3.58. The lowest BCUT2D eigenvalue weighted by Crippen LogP contribution is -2.21. The van der Waals surface area contributed by atoms with Crippen molar-refractivity contribution in [1.29, 1.82) is 0 Å². The minimum atomic E-state index is -0.858. The van der Waals surface area contributed by atoms with Crippen LogP contribution >= 0.6 is 0 Å². The fraction of sp³-hybridized carbons (Fsp3) is 0.217. The number of rotatable bonds is 7. The summed E-state index contributed by atoms with van der Waals surface area (Å²) in [5, 5.41) is 0. The summed E-state index contributed by atoms with van der Waals surface area (Å²) in [6.45, 7) is 7.40. The number of carbonyl (C=O) groups excluding carboxylic acids is 1. The van der Waals surface area contributed by atoms with Crippen molar-refractivity contribution in [2.45, 2.75) is 20.4 Å². The lowest BCUT2D eigenvalue weighted by Gasteiger charge is -2.16. The Morgan fingerprint density at radius 1 is 1.13 bits per heavy atom. The fourth-order valence-corrected chi connectivity index (χ4v) is 3.53. The Kier molecular flexibility index (Phi) is 5.54. The molecule has 2 aromatic heterocycles. The van der Waals surface area contributed by atoms with Crippen molar-refractivity contribution in [3.8, 4) is 22.8 Å². The highest BCUT2D eigenvalue weighted by molar-refractivity contribution is 5.87. The molecule has 2 heterocycles. The smallest absolute Gasteiger partial charge is 0.408 e. The van der Waals surface area contributed by atoms with Crippen LogP contribution in [0.25, 0.3) is 28.1 Å². The van der Waals surface area contributed by atoms with E-state index in [9.17, 15) is 4.79 Å². The van der Waals surface area contributed by atoms with Crippen LogP contribution in [0.1, 0.15) is 19.4 Å². The van der Waals surface area contributed by atoms with Crippen LogP contribution in [0.2, 0.25) is 0 Å². The molecule has 2 aromatic carbocycles. The van der Waals surface area contributed by atoms with Crippen LogP contribution in [0.15, 0.2) is 60.9 Å². The standard InChI is InChI=1S/C23H25N5O2/c1-3-27(4-2)14-16-12-13-28(15-16)18-10-8-17(9-11-18)22-25-19-6-5-7-20(21(19)26-22)30-23(24)29/h5-13,15H,3-4,14H2,1-2H3,(H2,24,29)(H,25,26). The van der Waals surface area contributed by atoms with E-state index in [0.29, 0.717) is 17.1 Å². The van der Waals surface area contributed by atoms with Crippen molar-refractivity contribution in [3.05, 3.63) is 66.5 Å². The second kappa shape index (κ2) is 8.42. The van der Waals surface area contributed by atoms with Gasteiger partial charge in [0.05, 0.1) is 5.52 Å². The highest BCUT2D eigenvalue weighted by Gasteiger charge is 2.12. The average Bonchev–Trinajstić information content (AvgIpc) is 3.39. The van der Waals surface area contributed by atoms with Crippen molar-refractivity contribution in [2.24, 2.45) is 5.73 Å². The summed E-state index contributed by atoms with van der Waals surface area (Å²) in [7, 11) is 0. The second-order valence-corrected chi connectivity index (χ2v) is 7.09. The number of primary amides is 1. The predicted octanol–water partition coefficient (Wildman–Crippen LogP) is 4.32. The molecule has 0 saturated heterocycles. The molecule has 1 amide bonds. The SMILES string of the molecule is CCN(CC)Cc1ccn(-c2ccc(-c3nc4c(OC(N)=O)cccc4[nH]3)cc2)c1. The van der Waals surface area contributed by atoms with E-state index in [0.717, 1.165) is 36.4 Å². The zero-order valence-electron chi connectivity index (χ0n) is 17.1. The maximum absolute atomic E-state index is 11.1. The minimum absolute atomic E-state index is 0.340. The first kappa shape index (κ1) is 19.7. The fourth-order valence-electron chi connectivity index (χ4n) is 3.53. The number of hydrogen-bond acceptors (Lipinski definition) is 4. The van der Waals surface area contributed by atoms with Gasteiger partial charge in [-0.05, 0) is 61.1 Å². The van der Waals surface area contributed by atoms with Gasteiger partial charge in [0.1, 0.15) is 11.3 Å². The van der Waals surface area contributed by atoms with E-state index in [2.05, 4.69) is 63.9 Å². The van der Waals surface area contributed by atoms with Gasteiger partial charge in [0.15, 0.2) is 5.75 Å². The summed E-state index contributed by atoms with van der Waals surface area (Å²) in [6, 6.07) is 15.7. The van der Waals surface area contributed by atoms with Crippen LogP contribution in [-0.2, 0) is 6.54 Å². The van der Waals surface area contributed by atoms with Crippen LogP contribution in [0, 0.1) is 0 Å². The Morgan fingerprint density at radius 3 is 2.60 bits per heavy atom. The summed E-state index contributed by atoms with van der Waals surface area (Å²) in [5.74, 6) is 1.04. The normalized spacial score (nSPS) is 11.3. The van der Waals surface area contributed by atoms with Crippen molar-refractivity contribution in [3.63, 3.8) is 0 Å². The van der Waals surface area contributed by atoms with Crippen LogP contribution < -0.4 is 10.5 Å². The summed E-state index contributed by atoms with van der Waals surface area (Å²) >= 11 is 0. The number of fused-ring (bicyclic) bond motifs is 1. The average molecular weight is 403 g/mol.